The molecule has 34 valence electrons. The van der Waals surface area contributed by atoms with Gasteiger partial charge in [0.05, 0.1) is 0 Å². The summed E-state index contributed by atoms with van der Waals surface area (Å²) in [6, 6.07) is 0. The highest BCUT2D eigenvalue weighted by atomic mass is 16.3. The molecule has 0 aromatic rings. The Bertz CT molecular complexity index is 83.7. The lowest BCUT2D eigenvalue weighted by Crippen LogP contribution is -2.27. The quantitative estimate of drug-likeness (QED) is 0.445. The van der Waals surface area contributed by atoms with Crippen molar-refractivity contribution in [2.75, 3.05) is 6.54 Å². The molecule has 1 aliphatic rings. The summed E-state index contributed by atoms with van der Waals surface area (Å²) in [7, 11) is 0. The molecule has 0 aliphatic carbocycles. The number of nitrogens with one attached hydrogen (secondary N) is 1. The first-order chi connectivity index (χ1) is 2.80. The highest BCUT2D eigenvalue weighted by molar-refractivity contribution is 5.14. The Balaban J connectivity index is 2.66. The summed E-state index contributed by atoms with van der Waals surface area (Å²) >= 11 is 0. The second kappa shape index (κ2) is 0.899. The first-order valence-electron chi connectivity index (χ1n) is 1.93. The van der Waals surface area contributed by atoms with Gasteiger partial charge in [-0.1, -0.05) is 0 Å². The van der Waals surface area contributed by atoms with Gasteiger partial charge in [0.15, 0.2) is 5.88 Å². The topological polar surface area (TPSA) is 32.3 Å². The number of aliphatic hydroxyl groups is 1. The van der Waals surface area contributed by atoms with E-state index in [4.69, 9.17) is 5.11 Å². The second-order valence-corrected chi connectivity index (χ2v) is 1.48. The second-order valence-electron chi connectivity index (χ2n) is 1.48. The molecule has 0 saturated carbocycles. The van der Waals surface area contributed by atoms with E-state index in [2.05, 4.69) is 5.32 Å². The maximum atomic E-state index is 8.48. The molecule has 1 heterocycles. The van der Waals surface area contributed by atoms with E-state index in [1.54, 1.807) is 0 Å². The Morgan fingerprint density at radius 2 is 2.33 bits per heavy atom. The molecule has 0 spiro atoms. The van der Waals surface area contributed by atoms with Crippen molar-refractivity contribution in [3.63, 3.8) is 0 Å². The Hall–Kier alpha value is -0.660. The average Bonchev–Trinajstić information content (AvgIpc) is 1.61. The molecule has 6 heavy (non-hydrogen) atoms. The summed E-state index contributed by atoms with van der Waals surface area (Å²) in [6.45, 7) is 2.75. The largest absolute Gasteiger partial charge is 0.495 e. The summed E-state index contributed by atoms with van der Waals surface area (Å²) in [5.41, 5.74) is 1.05. The molecule has 1 aliphatic heterocycles. The molecule has 0 aromatic carbocycles. The van der Waals surface area contributed by atoms with Crippen LogP contribution in [-0.2, 0) is 0 Å². The van der Waals surface area contributed by atoms with Crippen molar-refractivity contribution in [1.29, 1.82) is 0 Å². The van der Waals surface area contributed by atoms with Crippen LogP contribution in [0.4, 0.5) is 0 Å². The third kappa shape index (κ3) is 0.263. The third-order valence-electron chi connectivity index (χ3n) is 0.925. The van der Waals surface area contributed by atoms with Crippen LogP contribution in [0.2, 0.25) is 0 Å². The van der Waals surface area contributed by atoms with E-state index < -0.39 is 0 Å². The molecule has 1 rings (SSSR count). The lowest BCUT2D eigenvalue weighted by Gasteiger charge is -2.16. The zero-order valence-corrected chi connectivity index (χ0v) is 3.65. The third-order valence-corrected chi connectivity index (χ3v) is 0.925. The fourth-order valence-electron chi connectivity index (χ4n) is 0.344. The molecule has 0 atom stereocenters. The predicted octanol–water partition coefficient (Wildman–Crippen LogP) is 0.379. The monoisotopic (exact) mass is 85.1 g/mol. The maximum absolute atomic E-state index is 8.48. The van der Waals surface area contributed by atoms with E-state index in [0.717, 1.165) is 12.1 Å². The molecule has 2 heteroatoms. The van der Waals surface area contributed by atoms with Crippen LogP contribution in [-0.4, -0.2) is 11.7 Å². The molecule has 0 fully saturated rings. The minimum atomic E-state index is 0.356. The molecule has 0 aromatic heterocycles. The first kappa shape index (κ1) is 3.53. The molecule has 2 nitrogen and oxygen atoms in total. The van der Waals surface area contributed by atoms with Gasteiger partial charge >= 0.3 is 0 Å². The van der Waals surface area contributed by atoms with Gasteiger partial charge in [0.25, 0.3) is 0 Å². The molecule has 2 N–H and O–H groups in total. The highest BCUT2D eigenvalue weighted by Crippen LogP contribution is 2.03. The van der Waals surface area contributed by atoms with Crippen molar-refractivity contribution in [2.45, 2.75) is 6.92 Å². The van der Waals surface area contributed by atoms with Gasteiger partial charge in [-0.25, -0.2) is 0 Å². The Morgan fingerprint density at radius 3 is 2.33 bits per heavy atom. The molecule has 0 bridgehead atoms. The van der Waals surface area contributed by atoms with Crippen molar-refractivity contribution in [2.24, 2.45) is 0 Å². The molecule has 0 amide bonds. The SMILES string of the molecule is CC1=C(O)NC1. The normalized spacial score (nSPS) is 19.5. The van der Waals surface area contributed by atoms with Gasteiger partial charge in [-0.3, -0.25) is 0 Å². The van der Waals surface area contributed by atoms with E-state index >= 15 is 0 Å². The summed E-state index contributed by atoms with van der Waals surface area (Å²) in [5.74, 6) is 0.356. The van der Waals surface area contributed by atoms with Crippen molar-refractivity contribution in [1.82, 2.24) is 5.32 Å². The highest BCUT2D eigenvalue weighted by Gasteiger charge is 2.07. The fourth-order valence-corrected chi connectivity index (χ4v) is 0.344. The van der Waals surface area contributed by atoms with Gasteiger partial charge in [-0.05, 0) is 6.92 Å². The Kier molecular flexibility index (Phi) is 0.528. The van der Waals surface area contributed by atoms with Crippen molar-refractivity contribution < 1.29 is 5.11 Å². The molecular formula is C4H7NO. The maximum Gasteiger partial charge on any atom is 0.185 e. The average molecular weight is 85.1 g/mol. The lowest BCUT2D eigenvalue weighted by molar-refractivity contribution is 0.332. The van der Waals surface area contributed by atoms with Crippen molar-refractivity contribution in [3.8, 4) is 0 Å². The number of hydrogen-bond acceptors (Lipinski definition) is 2. The molecule has 0 saturated heterocycles. The Labute approximate surface area is 36.5 Å². The van der Waals surface area contributed by atoms with Crippen LogP contribution in [0.25, 0.3) is 0 Å². The van der Waals surface area contributed by atoms with Crippen LogP contribution >= 0.6 is 0 Å². The Morgan fingerprint density at radius 1 is 1.83 bits per heavy atom. The van der Waals surface area contributed by atoms with Crippen LogP contribution in [0.15, 0.2) is 11.5 Å². The zero-order valence-electron chi connectivity index (χ0n) is 3.65. The van der Waals surface area contributed by atoms with Gasteiger partial charge in [0.2, 0.25) is 0 Å². The van der Waals surface area contributed by atoms with Gasteiger partial charge in [0, 0.05) is 12.1 Å². The van der Waals surface area contributed by atoms with Gasteiger partial charge < -0.3 is 10.4 Å². The van der Waals surface area contributed by atoms with Gasteiger partial charge in [-0.15, -0.1) is 0 Å². The molecule has 0 radical (unpaired) electrons. The van der Waals surface area contributed by atoms with E-state index in [0.29, 0.717) is 5.88 Å². The fraction of sp³-hybridized carbons (Fsp3) is 0.500. The smallest absolute Gasteiger partial charge is 0.185 e. The number of hydrogen-bond donors (Lipinski definition) is 2. The van der Waals surface area contributed by atoms with Crippen molar-refractivity contribution >= 4 is 0 Å². The predicted molar refractivity (Wildman–Crippen MR) is 23.3 cm³/mol. The molecular weight excluding hydrogens is 78.0 g/mol. The summed E-state index contributed by atoms with van der Waals surface area (Å²) in [5, 5.41) is 11.2. The van der Waals surface area contributed by atoms with Crippen LogP contribution in [0, 0.1) is 0 Å². The van der Waals surface area contributed by atoms with Crippen LogP contribution in [0.1, 0.15) is 6.92 Å². The van der Waals surface area contributed by atoms with Gasteiger partial charge in [0.1, 0.15) is 0 Å². The van der Waals surface area contributed by atoms with Crippen molar-refractivity contribution in [3.05, 3.63) is 11.5 Å². The van der Waals surface area contributed by atoms with E-state index in [1.807, 2.05) is 6.92 Å². The van der Waals surface area contributed by atoms with Crippen LogP contribution in [0.3, 0.4) is 0 Å². The zero-order chi connectivity index (χ0) is 4.57. The minimum Gasteiger partial charge on any atom is -0.495 e. The summed E-state index contributed by atoms with van der Waals surface area (Å²) < 4.78 is 0. The number of rotatable bonds is 0. The van der Waals surface area contributed by atoms with E-state index in [1.165, 1.54) is 0 Å². The summed E-state index contributed by atoms with van der Waals surface area (Å²) in [4.78, 5) is 0. The molecule has 0 unspecified atom stereocenters. The number of aliphatic hydroxyl groups excluding tert-OH is 1. The standard InChI is InChI=1S/C4H7NO/c1-3-2-5-4(3)6/h5-6H,2H2,1H3. The lowest BCUT2D eigenvalue weighted by atomic mass is 10.2. The minimum absolute atomic E-state index is 0.356. The van der Waals surface area contributed by atoms with E-state index in [9.17, 15) is 0 Å². The van der Waals surface area contributed by atoms with Crippen LogP contribution in [0.5, 0.6) is 0 Å². The first-order valence-corrected chi connectivity index (χ1v) is 1.93. The van der Waals surface area contributed by atoms with Crippen LogP contribution < -0.4 is 5.32 Å². The van der Waals surface area contributed by atoms with Gasteiger partial charge in [-0.2, -0.15) is 0 Å². The summed E-state index contributed by atoms with van der Waals surface area (Å²) in [6.07, 6.45) is 0. The van der Waals surface area contributed by atoms with E-state index in [-0.39, 0.29) is 0 Å².